The topological polar surface area (TPSA) is 56.7 Å². The fraction of sp³-hybridized carbons (Fsp3) is 0.145. The molecule has 6 aromatic carbocycles. The van der Waals surface area contributed by atoms with E-state index in [4.69, 9.17) is 12.1 Å². The maximum Gasteiger partial charge on any atom is 0 e. The van der Waals surface area contributed by atoms with Crippen LogP contribution in [0.1, 0.15) is 27.8 Å². The maximum absolute atomic E-state index is 8.56. The molecule has 1 radical (unpaired) electrons. The Hall–Kier alpha value is -5.92. The first-order valence-corrected chi connectivity index (χ1v) is 28.1. The summed E-state index contributed by atoms with van der Waals surface area (Å²) in [7, 11) is 0. The van der Waals surface area contributed by atoms with Crippen molar-refractivity contribution in [3.05, 3.63) is 187 Å². The summed E-state index contributed by atoms with van der Waals surface area (Å²) in [4.78, 5) is 14.5. The number of nitrogens with zero attached hydrogens (tertiary/aromatic N) is 4. The van der Waals surface area contributed by atoms with Gasteiger partial charge in [0.25, 0.3) is 0 Å². The Kier molecular flexibility index (Phi) is 11.8. The van der Waals surface area contributed by atoms with Crippen LogP contribution in [0, 0.1) is 25.0 Å². The summed E-state index contributed by atoms with van der Waals surface area (Å²) in [6.07, 6.45) is 0.562. The fourth-order valence-corrected chi connectivity index (χ4v) is 10.9. The van der Waals surface area contributed by atoms with E-state index < -0.39 is 19.6 Å². The molecular formula is C55H48GeIrN4O-2. The molecule has 0 amide bonds. The van der Waals surface area contributed by atoms with E-state index in [1.165, 1.54) is 0 Å². The van der Waals surface area contributed by atoms with Gasteiger partial charge in [0, 0.05) is 42.3 Å². The van der Waals surface area contributed by atoms with Crippen LogP contribution in [-0.2, 0) is 26.5 Å². The van der Waals surface area contributed by atoms with Gasteiger partial charge in [-0.2, -0.15) is 0 Å². The first-order chi connectivity index (χ1) is 30.4. The number of aromatic nitrogens is 4. The predicted molar refractivity (Wildman–Crippen MR) is 256 cm³/mol. The number of hydrogen-bond acceptors (Lipinski definition) is 4. The van der Waals surface area contributed by atoms with Crippen LogP contribution in [0.4, 0.5) is 0 Å². The van der Waals surface area contributed by atoms with E-state index >= 15 is 0 Å². The molecule has 7 heteroatoms. The Morgan fingerprint density at radius 1 is 0.710 bits per heavy atom. The molecule has 0 fully saturated rings. The van der Waals surface area contributed by atoms with Crippen LogP contribution in [0.25, 0.3) is 83.7 Å². The van der Waals surface area contributed by atoms with Gasteiger partial charge in [-0.05, 0) is 42.3 Å². The molecule has 309 valence electrons. The summed E-state index contributed by atoms with van der Waals surface area (Å²) >= 11 is -2.20. The van der Waals surface area contributed by atoms with Crippen molar-refractivity contribution in [2.75, 3.05) is 0 Å². The molecule has 4 heterocycles. The predicted octanol–water partition coefficient (Wildman–Crippen LogP) is 13.7. The van der Waals surface area contributed by atoms with Crippen LogP contribution in [-0.4, -0.2) is 32.8 Å². The molecule has 5 nitrogen and oxygen atoms in total. The van der Waals surface area contributed by atoms with Crippen LogP contribution in [0.15, 0.2) is 168 Å². The maximum atomic E-state index is 8.56. The average Bonchev–Trinajstić information content (AvgIpc) is 3.87. The van der Waals surface area contributed by atoms with Crippen molar-refractivity contribution in [1.29, 1.82) is 0 Å². The second-order valence-electron chi connectivity index (χ2n) is 16.6. The molecule has 0 bridgehead atoms. The van der Waals surface area contributed by atoms with E-state index in [1.807, 2.05) is 81.6 Å². The zero-order valence-corrected chi connectivity index (χ0v) is 40.2. The minimum Gasteiger partial charge on any atom is 0 e. The SMILES string of the molecule is Cc1ccc2c(n1)oc1c(-c3nc4ccccc4n3-c3c(-c4ccccc4)cccc3-c3ccccc3)[c-]ccc12.[2H]C([2H])(c1cc(-c2[c-]cccc2)nc[c]1[Ge]([CH3])([CH3])[CH3])C(C)C.[Ir]. The van der Waals surface area contributed by atoms with Gasteiger partial charge >= 0.3 is 128 Å². The van der Waals surface area contributed by atoms with Crippen LogP contribution in [0.5, 0.6) is 0 Å². The molecule has 10 aromatic rings. The first kappa shape index (κ1) is 40.2. The zero-order valence-electron chi connectivity index (χ0n) is 37.7. The second-order valence-corrected chi connectivity index (χ2v) is 27.2. The molecule has 10 rings (SSSR count). The van der Waals surface area contributed by atoms with Gasteiger partial charge in [0.15, 0.2) is 0 Å². The van der Waals surface area contributed by atoms with Crippen molar-refractivity contribution < 1.29 is 27.3 Å². The van der Waals surface area contributed by atoms with Gasteiger partial charge in [-0.15, -0.1) is 18.2 Å². The Morgan fingerprint density at radius 2 is 1.39 bits per heavy atom. The molecule has 0 atom stereocenters. The molecule has 62 heavy (non-hydrogen) atoms. The third-order valence-electron chi connectivity index (χ3n) is 10.8. The van der Waals surface area contributed by atoms with Gasteiger partial charge in [-0.3, -0.25) is 4.98 Å². The van der Waals surface area contributed by atoms with Gasteiger partial charge < -0.3 is 8.98 Å². The number of furan rings is 1. The molecule has 0 spiro atoms. The van der Waals surface area contributed by atoms with Crippen molar-refractivity contribution in [2.24, 2.45) is 5.92 Å². The quantitative estimate of drug-likeness (QED) is 0.112. The van der Waals surface area contributed by atoms with E-state index in [0.29, 0.717) is 5.71 Å². The Balaban J connectivity index is 0.000000208. The normalized spacial score (nSPS) is 12.2. The molecule has 4 aromatic heterocycles. The number of aryl methyl sites for hydroxylation is 1. The summed E-state index contributed by atoms with van der Waals surface area (Å²) in [5.41, 5.74) is 13.1. The summed E-state index contributed by atoms with van der Waals surface area (Å²) < 4.78 is 27.0. The molecule has 0 aliphatic carbocycles. The largest absolute Gasteiger partial charge is 0 e. The molecule has 0 aliphatic heterocycles. The summed E-state index contributed by atoms with van der Waals surface area (Å²) in [5.74, 6) is 7.54. The molecule has 0 unspecified atom stereocenters. The van der Waals surface area contributed by atoms with E-state index in [2.05, 4.69) is 147 Å². The van der Waals surface area contributed by atoms with Crippen LogP contribution in [0.2, 0.25) is 17.3 Å². The number of pyridine rings is 2. The molecule has 0 aliphatic rings. The summed E-state index contributed by atoms with van der Waals surface area (Å²) in [6.45, 7) is 5.85. The van der Waals surface area contributed by atoms with Crippen LogP contribution < -0.4 is 4.40 Å². The smallest absolute Gasteiger partial charge is 0 e. The minimum atomic E-state index is -2.20. The molecular weight excluding hydrogens is 997 g/mol. The number of imidazole rings is 1. The van der Waals surface area contributed by atoms with Gasteiger partial charge in [0.1, 0.15) is 0 Å². The monoisotopic (exact) mass is 1050 g/mol. The van der Waals surface area contributed by atoms with E-state index in [0.717, 1.165) is 93.6 Å². The van der Waals surface area contributed by atoms with Crippen LogP contribution >= 0.6 is 0 Å². The van der Waals surface area contributed by atoms with Gasteiger partial charge in [-0.1, -0.05) is 102 Å². The average molecular weight is 1050 g/mol. The van der Waals surface area contributed by atoms with Gasteiger partial charge in [0.05, 0.1) is 28.1 Å². The first-order valence-electron chi connectivity index (χ1n) is 21.8. The van der Waals surface area contributed by atoms with Crippen LogP contribution in [0.3, 0.4) is 0 Å². The Morgan fingerprint density at radius 3 is 2.05 bits per heavy atom. The number of hydrogen-bond donors (Lipinski definition) is 0. The summed E-state index contributed by atoms with van der Waals surface area (Å²) in [6, 6.07) is 60.3. The molecule has 0 saturated carbocycles. The van der Waals surface area contributed by atoms with Gasteiger partial charge in [-0.25, -0.2) is 4.98 Å². The van der Waals surface area contributed by atoms with Crippen molar-refractivity contribution in [2.45, 2.75) is 44.4 Å². The molecule has 0 saturated heterocycles. The molecule has 0 N–H and O–H groups in total. The third-order valence-corrected chi connectivity index (χ3v) is 15.0. The Labute approximate surface area is 383 Å². The number of para-hydroxylation sites is 3. The standard InChI is InChI=1S/C37H24N3O.C18H24GeN.Ir/c1-24-22-23-30-29-18-11-19-31(35(29)41-37(30)38-24)36-39-32-20-8-9-21-33(32)40(36)34-27(25-12-4-2-5-13-25)16-10-17-28(34)26-14-6-3-7-15-26;1-14(2)11-16-12-18(15-9-7-6-8-10-15)20-13-17(16)19(3,4)5;/h2-18,20-23H,1H3;6-9,12-14H,11H2,1-5H3;/q2*-1;/i;11D2;. The number of benzene rings is 6. The van der Waals surface area contributed by atoms with Crippen molar-refractivity contribution in [3.63, 3.8) is 0 Å². The second kappa shape index (κ2) is 18.2. The van der Waals surface area contributed by atoms with E-state index in [1.54, 1.807) is 0 Å². The Bertz CT molecular complexity index is 3180. The van der Waals surface area contributed by atoms with E-state index in [-0.39, 0.29) is 26.0 Å². The zero-order chi connectivity index (χ0) is 43.9. The van der Waals surface area contributed by atoms with Crippen molar-refractivity contribution >= 4 is 50.8 Å². The fourth-order valence-electron chi connectivity index (χ4n) is 7.97. The number of rotatable bonds is 8. The van der Waals surface area contributed by atoms with E-state index in [9.17, 15) is 0 Å². The van der Waals surface area contributed by atoms with Gasteiger partial charge in [0.2, 0.25) is 5.71 Å². The number of fused-ring (bicyclic) bond motifs is 4. The third kappa shape index (κ3) is 8.60. The minimum absolute atomic E-state index is 0. The summed E-state index contributed by atoms with van der Waals surface area (Å²) in [5, 5.41) is 1.98. The van der Waals surface area contributed by atoms with Crippen molar-refractivity contribution in [1.82, 2.24) is 19.5 Å². The van der Waals surface area contributed by atoms with Crippen molar-refractivity contribution in [3.8, 4) is 50.6 Å².